The zero-order valence-electron chi connectivity index (χ0n) is 57.8. The van der Waals surface area contributed by atoms with E-state index in [4.69, 9.17) is 61.1 Å². The lowest BCUT2D eigenvalue weighted by Gasteiger charge is -2.15. The van der Waals surface area contributed by atoms with Crippen LogP contribution >= 0.6 is 23.2 Å². The van der Waals surface area contributed by atoms with Gasteiger partial charge in [0.1, 0.15) is 156 Å². The molecule has 0 aromatic heterocycles. The largest absolute Gasteiger partial charge is 0.456 e. The molecule has 14 rings (SSSR count). The van der Waals surface area contributed by atoms with Crippen LogP contribution < -0.4 is 37.9 Å². The van der Waals surface area contributed by atoms with E-state index in [2.05, 4.69) is 30.3 Å². The summed E-state index contributed by atoms with van der Waals surface area (Å²) in [6.45, 7) is 3.65. The second-order valence-corrected chi connectivity index (χ2v) is 26.5. The van der Waals surface area contributed by atoms with Crippen LogP contribution in [0.15, 0.2) is 278 Å². The van der Waals surface area contributed by atoms with Gasteiger partial charge in [0.25, 0.3) is 10.1 Å². The normalized spacial score (nSPS) is 10.6. The van der Waals surface area contributed by atoms with Gasteiger partial charge in [-0.15, -0.1) is 0 Å². The fraction of sp³-hybridized carbons (Fsp3) is 0.0225. The minimum atomic E-state index is -4.56. The molecule has 530 valence electrons. The zero-order valence-corrected chi connectivity index (χ0v) is 60.1. The molecule has 14 aromatic rings. The number of ketones is 1. The number of hydrogen-bond donors (Lipinski definition) is 1. The van der Waals surface area contributed by atoms with E-state index in [0.717, 1.165) is 38.7 Å². The maximum Gasteiger partial charge on any atom is 0.294 e. The van der Waals surface area contributed by atoms with Crippen molar-refractivity contribution in [1.82, 2.24) is 0 Å². The lowest BCUT2D eigenvalue weighted by Crippen LogP contribution is -2.07. The third-order valence-electron chi connectivity index (χ3n) is 17.0. The van der Waals surface area contributed by atoms with E-state index in [1.54, 1.807) is 189 Å². The Balaban J connectivity index is 0.000000204. The van der Waals surface area contributed by atoms with Gasteiger partial charge in [0.05, 0.1) is 20.5 Å². The molecule has 0 heterocycles. The van der Waals surface area contributed by atoms with E-state index in [-0.39, 0.29) is 67.0 Å². The highest BCUT2D eigenvalue weighted by atomic mass is 35.5. The number of aryl methyl sites for hydroxylation is 2. The average Bonchev–Trinajstić information content (AvgIpc) is 0.782. The van der Waals surface area contributed by atoms with Crippen molar-refractivity contribution in [2.24, 2.45) is 0 Å². The molecule has 0 bridgehead atoms. The Labute approximate surface area is 640 Å². The molecule has 110 heavy (non-hydrogen) atoms. The van der Waals surface area contributed by atoms with Crippen molar-refractivity contribution in [1.29, 1.82) is 31.6 Å². The van der Waals surface area contributed by atoms with E-state index >= 15 is 0 Å². The van der Waals surface area contributed by atoms with Crippen LogP contribution in [-0.4, -0.2) is 18.8 Å². The van der Waals surface area contributed by atoms with Crippen molar-refractivity contribution in [2.75, 3.05) is 0 Å². The van der Waals surface area contributed by atoms with Crippen LogP contribution in [0.25, 0.3) is 32.7 Å². The standard InChI is InChI=1S/C52H33N3O8S.C37H19Cl2N3O4/c1-32-18-23-43(44(24-32)52(56)35-9-4-12-41(27-35)64(57,58)59)42-13-6-15-49(46(42)30-54)60-37-10-5-11-38(28-37)61-50-16-7-17-51(47(50)31-55)63-40-22-20-34-19-21-39(25-36(34)26-40)62-48-14-3-8-33(2)45(48)29-53;38-32-7-2-9-34(29(32)20-40)43-25-5-1-6-26(19-25)44-36-11-4-12-37(31(36)22-42)46-28-16-14-23-13-15-27(17-24(23)18-28)45-35-10-3-8-33(39)30(35)21-41/h3-28H,1-2H3,(H,57,58,59);1-19H. The quantitative estimate of drug-likeness (QED) is 0.0548. The Morgan fingerprint density at radius 3 is 1.04 bits per heavy atom. The van der Waals surface area contributed by atoms with E-state index < -0.39 is 20.8 Å². The second kappa shape index (κ2) is 32.6. The molecule has 1 N–H and O–H groups in total. The first kappa shape index (κ1) is 73.4. The van der Waals surface area contributed by atoms with Crippen LogP contribution in [0, 0.1) is 81.8 Å². The van der Waals surface area contributed by atoms with Gasteiger partial charge in [-0.2, -0.15) is 40.0 Å². The summed E-state index contributed by atoms with van der Waals surface area (Å²) < 4.78 is 82.2. The number of hydrogen-bond acceptors (Lipinski definition) is 17. The molecule has 0 saturated carbocycles. The van der Waals surface area contributed by atoms with Crippen LogP contribution in [0.1, 0.15) is 60.4 Å². The summed E-state index contributed by atoms with van der Waals surface area (Å²) in [6, 6.07) is 89.2. The van der Waals surface area contributed by atoms with Gasteiger partial charge in [-0.3, -0.25) is 9.35 Å². The van der Waals surface area contributed by atoms with Crippen molar-refractivity contribution in [2.45, 2.75) is 18.7 Å². The molecule has 0 atom stereocenters. The number of fused-ring (bicyclic) bond motifs is 2. The predicted octanol–water partition coefficient (Wildman–Crippen LogP) is 23.3. The third-order valence-corrected chi connectivity index (χ3v) is 18.4. The van der Waals surface area contributed by atoms with Gasteiger partial charge in [-0.05, 0) is 198 Å². The van der Waals surface area contributed by atoms with Gasteiger partial charge < -0.3 is 37.9 Å². The van der Waals surface area contributed by atoms with Crippen molar-refractivity contribution in [3.05, 3.63) is 339 Å². The number of rotatable bonds is 20. The second-order valence-electron chi connectivity index (χ2n) is 24.3. The van der Waals surface area contributed by atoms with Gasteiger partial charge >= 0.3 is 0 Å². The SMILES string of the molecule is Cc1ccc(-c2cccc(Oc3cccc(Oc4cccc(Oc5ccc6ccc(Oc7cccc(C)c7C#N)cc6c5)c4C#N)c3)c2C#N)c(C(=O)c2cccc(S(=O)(=O)O)c2)c1.N#Cc1c(Cl)cccc1Oc1cccc(Oc2cccc(Oc3ccc4ccc(Oc5cccc(Cl)c5C#N)cc4c3)c2C#N)c1. The van der Waals surface area contributed by atoms with E-state index in [1.165, 1.54) is 18.2 Å². The Hall–Kier alpha value is -14.9. The molecule has 18 nitrogen and oxygen atoms in total. The highest BCUT2D eigenvalue weighted by molar-refractivity contribution is 7.85. The number of ether oxygens (including phenoxy) is 8. The highest BCUT2D eigenvalue weighted by Crippen LogP contribution is 2.43. The predicted molar refractivity (Wildman–Crippen MR) is 413 cm³/mol. The molecule has 14 aromatic carbocycles. The van der Waals surface area contributed by atoms with Gasteiger partial charge in [0, 0.05) is 28.8 Å². The molecule has 0 aliphatic rings. The van der Waals surface area contributed by atoms with Crippen molar-refractivity contribution < 1.29 is 55.7 Å². The monoisotopic (exact) mass is 1500 g/mol. The van der Waals surface area contributed by atoms with Crippen LogP contribution in [0.2, 0.25) is 10.0 Å². The lowest BCUT2D eigenvalue weighted by molar-refractivity contribution is 0.103. The molecule has 0 aliphatic heterocycles. The lowest BCUT2D eigenvalue weighted by atomic mass is 9.90. The number of halogens is 2. The minimum Gasteiger partial charge on any atom is -0.456 e. The van der Waals surface area contributed by atoms with Gasteiger partial charge in [0.15, 0.2) is 5.78 Å². The van der Waals surface area contributed by atoms with E-state index in [1.807, 2.05) is 79.7 Å². The van der Waals surface area contributed by atoms with Gasteiger partial charge in [-0.1, -0.05) is 138 Å². The average molecular weight is 1500 g/mol. The van der Waals surface area contributed by atoms with Crippen LogP contribution in [0.4, 0.5) is 0 Å². The summed E-state index contributed by atoms with van der Waals surface area (Å²) in [5.74, 6) is 5.33. The topological polar surface area (TPSA) is 288 Å². The Morgan fingerprint density at radius 1 is 0.318 bits per heavy atom. The summed E-state index contributed by atoms with van der Waals surface area (Å²) in [7, 11) is -4.56. The van der Waals surface area contributed by atoms with Crippen molar-refractivity contribution in [3.63, 3.8) is 0 Å². The minimum absolute atomic E-state index is 0.0335. The molecule has 0 spiro atoms. The third kappa shape index (κ3) is 16.6. The van der Waals surface area contributed by atoms with Crippen LogP contribution in [0.5, 0.6) is 92.0 Å². The molecule has 0 amide bonds. The summed E-state index contributed by atoms with van der Waals surface area (Å²) in [4.78, 5) is 13.5. The number of carbonyl (C=O) groups is 1. The van der Waals surface area contributed by atoms with Crippen LogP contribution in [-0.2, 0) is 10.1 Å². The molecule has 21 heteroatoms. The summed E-state index contributed by atoms with van der Waals surface area (Å²) >= 11 is 12.3. The summed E-state index contributed by atoms with van der Waals surface area (Å²) in [5.41, 5.74) is 4.01. The Bertz CT molecular complexity index is 6430. The maximum atomic E-state index is 13.9. The first-order valence-electron chi connectivity index (χ1n) is 33.3. The van der Waals surface area contributed by atoms with Crippen molar-refractivity contribution >= 4 is 60.6 Å². The smallest absolute Gasteiger partial charge is 0.294 e. The van der Waals surface area contributed by atoms with E-state index in [0.29, 0.717) is 90.7 Å². The molecular weight excluding hydrogens is 1450 g/mol. The number of nitrogens with zero attached hydrogens (tertiary/aromatic N) is 6. The first-order valence-corrected chi connectivity index (χ1v) is 35.5. The molecule has 0 unspecified atom stereocenters. The highest BCUT2D eigenvalue weighted by Gasteiger charge is 2.24. The fourth-order valence-electron chi connectivity index (χ4n) is 11.7. The fourth-order valence-corrected chi connectivity index (χ4v) is 12.7. The maximum absolute atomic E-state index is 13.9. The number of nitriles is 6. The van der Waals surface area contributed by atoms with Gasteiger partial charge in [-0.25, -0.2) is 0 Å². The number of carbonyl (C=O) groups excluding carboxylic acids is 1. The Kier molecular flexibility index (Phi) is 21.8. The van der Waals surface area contributed by atoms with Crippen molar-refractivity contribution in [3.8, 4) is 140 Å². The summed E-state index contributed by atoms with van der Waals surface area (Å²) in [6.07, 6.45) is 0. The molecule has 0 aliphatic carbocycles. The van der Waals surface area contributed by atoms with Gasteiger partial charge in [0.2, 0.25) is 0 Å². The number of benzene rings is 14. The van der Waals surface area contributed by atoms with Crippen LogP contribution in [0.3, 0.4) is 0 Å². The zero-order chi connectivity index (χ0) is 77.0. The van der Waals surface area contributed by atoms with E-state index in [9.17, 15) is 49.3 Å². The molecule has 0 fully saturated rings. The summed E-state index contributed by atoms with van der Waals surface area (Å²) in [5, 5.41) is 63.5. The first-order chi connectivity index (χ1) is 53.4. The molecule has 0 radical (unpaired) electrons. The molecule has 0 saturated heterocycles. The Morgan fingerprint density at radius 2 is 0.645 bits per heavy atom. The molecular formula is C89H52Cl2N6O12S.